The zero-order valence-corrected chi connectivity index (χ0v) is 12.9. The summed E-state index contributed by atoms with van der Waals surface area (Å²) in [6, 6.07) is 7.78. The third kappa shape index (κ3) is 3.06. The second-order valence-corrected chi connectivity index (χ2v) is 5.63. The van der Waals surface area contributed by atoms with Gasteiger partial charge in [0.05, 0.1) is 13.0 Å². The lowest BCUT2D eigenvalue weighted by Crippen LogP contribution is -2.36. The van der Waals surface area contributed by atoms with Gasteiger partial charge in [-0.1, -0.05) is 28.9 Å². The van der Waals surface area contributed by atoms with Crippen LogP contribution in [0.5, 0.6) is 0 Å². The van der Waals surface area contributed by atoms with Crippen molar-refractivity contribution in [2.75, 3.05) is 25.1 Å². The minimum absolute atomic E-state index is 0.0448. The summed E-state index contributed by atoms with van der Waals surface area (Å²) in [5.41, 5.74) is 0.812. The maximum atomic E-state index is 11.5. The molecule has 3 rings (SSSR count). The Morgan fingerprint density at radius 2 is 2.18 bits per heavy atom. The SMILES string of the molecule is COC(=O)C1CCN(c2nc(-c3cccc(Cl)c3)no2)CC1. The lowest BCUT2D eigenvalue weighted by molar-refractivity contribution is -0.146. The Balaban J connectivity index is 1.69. The van der Waals surface area contributed by atoms with Crippen molar-refractivity contribution in [3.63, 3.8) is 0 Å². The summed E-state index contributed by atoms with van der Waals surface area (Å²) in [6.07, 6.45) is 1.45. The number of methoxy groups -OCH3 is 1. The first-order valence-electron chi connectivity index (χ1n) is 7.10. The summed E-state index contributed by atoms with van der Waals surface area (Å²) in [4.78, 5) is 17.9. The Morgan fingerprint density at radius 1 is 1.41 bits per heavy atom. The maximum absolute atomic E-state index is 11.5. The van der Waals surface area contributed by atoms with Gasteiger partial charge in [-0.3, -0.25) is 4.79 Å². The van der Waals surface area contributed by atoms with E-state index >= 15 is 0 Å². The standard InChI is InChI=1S/C15H16ClN3O3/c1-21-14(20)10-5-7-19(8-6-10)15-17-13(18-22-15)11-3-2-4-12(16)9-11/h2-4,9-10H,5-8H2,1H3. The molecule has 116 valence electrons. The van der Waals surface area contributed by atoms with Gasteiger partial charge in [0.15, 0.2) is 0 Å². The third-order valence-electron chi connectivity index (χ3n) is 3.80. The fraction of sp³-hybridized carbons (Fsp3) is 0.400. The van der Waals surface area contributed by atoms with Gasteiger partial charge in [-0.25, -0.2) is 0 Å². The number of halogens is 1. The van der Waals surface area contributed by atoms with Crippen molar-refractivity contribution < 1.29 is 14.1 Å². The van der Waals surface area contributed by atoms with Gasteiger partial charge in [-0.05, 0) is 25.0 Å². The number of hydrogen-bond donors (Lipinski definition) is 0. The Morgan fingerprint density at radius 3 is 2.86 bits per heavy atom. The molecule has 0 radical (unpaired) electrons. The summed E-state index contributed by atoms with van der Waals surface area (Å²) in [7, 11) is 1.42. The Hall–Kier alpha value is -2.08. The predicted octanol–water partition coefficient (Wildman–Crippen LogP) is 2.78. The van der Waals surface area contributed by atoms with E-state index in [0.717, 1.165) is 18.4 Å². The monoisotopic (exact) mass is 321 g/mol. The zero-order valence-electron chi connectivity index (χ0n) is 12.2. The minimum atomic E-state index is -0.148. The number of carbonyl (C=O) groups is 1. The smallest absolute Gasteiger partial charge is 0.324 e. The molecular weight excluding hydrogens is 306 g/mol. The normalized spacial score (nSPS) is 15.8. The molecule has 1 aliphatic heterocycles. The first-order valence-corrected chi connectivity index (χ1v) is 7.47. The number of esters is 1. The molecule has 22 heavy (non-hydrogen) atoms. The molecule has 0 saturated carbocycles. The zero-order chi connectivity index (χ0) is 15.5. The van der Waals surface area contributed by atoms with Crippen LogP contribution in [0.3, 0.4) is 0 Å². The quantitative estimate of drug-likeness (QED) is 0.810. The molecule has 6 nitrogen and oxygen atoms in total. The number of nitrogens with zero attached hydrogens (tertiary/aromatic N) is 3. The molecule has 1 aromatic heterocycles. The van der Waals surface area contributed by atoms with Gasteiger partial charge in [-0.15, -0.1) is 0 Å². The number of ether oxygens (including phenoxy) is 1. The van der Waals surface area contributed by atoms with Crippen molar-refractivity contribution in [1.29, 1.82) is 0 Å². The largest absolute Gasteiger partial charge is 0.469 e. The highest BCUT2D eigenvalue weighted by Crippen LogP contribution is 2.26. The molecule has 1 saturated heterocycles. The summed E-state index contributed by atoms with van der Waals surface area (Å²) in [5.74, 6) is 0.314. The number of carbonyl (C=O) groups excluding carboxylic acids is 1. The van der Waals surface area contributed by atoms with E-state index in [2.05, 4.69) is 10.1 Å². The van der Waals surface area contributed by atoms with Crippen LogP contribution in [0.2, 0.25) is 5.02 Å². The van der Waals surface area contributed by atoms with Crippen LogP contribution in [0.15, 0.2) is 28.8 Å². The molecular formula is C15H16ClN3O3. The first kappa shape index (κ1) is 14.8. The summed E-state index contributed by atoms with van der Waals surface area (Å²) < 4.78 is 10.1. The van der Waals surface area contributed by atoms with E-state index in [1.54, 1.807) is 12.1 Å². The van der Waals surface area contributed by atoms with Crippen molar-refractivity contribution in [2.24, 2.45) is 5.92 Å². The van der Waals surface area contributed by atoms with Crippen molar-refractivity contribution in [3.05, 3.63) is 29.3 Å². The summed E-state index contributed by atoms with van der Waals surface area (Å²) in [5, 5.41) is 4.62. The molecule has 2 heterocycles. The highest BCUT2D eigenvalue weighted by molar-refractivity contribution is 6.30. The van der Waals surface area contributed by atoms with E-state index in [-0.39, 0.29) is 11.9 Å². The van der Waals surface area contributed by atoms with Crippen molar-refractivity contribution >= 4 is 23.6 Å². The molecule has 0 unspecified atom stereocenters. The first-order chi connectivity index (χ1) is 10.7. The predicted molar refractivity (Wildman–Crippen MR) is 81.7 cm³/mol. The van der Waals surface area contributed by atoms with Crippen LogP contribution >= 0.6 is 11.6 Å². The lowest BCUT2D eigenvalue weighted by Gasteiger charge is -2.28. The van der Waals surface area contributed by atoms with Gasteiger partial charge < -0.3 is 14.2 Å². The van der Waals surface area contributed by atoms with E-state index in [1.807, 2.05) is 17.0 Å². The van der Waals surface area contributed by atoms with E-state index < -0.39 is 0 Å². The average Bonchev–Trinajstić information content (AvgIpc) is 3.04. The van der Waals surface area contributed by atoms with Crippen LogP contribution in [0.4, 0.5) is 6.01 Å². The molecule has 1 aromatic carbocycles. The molecule has 1 fully saturated rings. The average molecular weight is 322 g/mol. The van der Waals surface area contributed by atoms with Gasteiger partial charge in [0.25, 0.3) is 0 Å². The number of benzene rings is 1. The molecule has 7 heteroatoms. The molecule has 0 spiro atoms. The number of piperidine rings is 1. The number of rotatable bonds is 3. The van der Waals surface area contributed by atoms with Crippen LogP contribution in [-0.2, 0) is 9.53 Å². The van der Waals surface area contributed by atoms with Crippen LogP contribution in [-0.4, -0.2) is 36.3 Å². The van der Waals surface area contributed by atoms with Gasteiger partial charge in [0, 0.05) is 23.7 Å². The fourth-order valence-corrected chi connectivity index (χ4v) is 2.75. The molecule has 0 N–H and O–H groups in total. The van der Waals surface area contributed by atoms with Crippen LogP contribution in [0, 0.1) is 5.92 Å². The number of hydrogen-bond acceptors (Lipinski definition) is 6. The van der Waals surface area contributed by atoms with Gasteiger partial charge >= 0.3 is 12.0 Å². The van der Waals surface area contributed by atoms with E-state index in [9.17, 15) is 4.79 Å². The Bertz CT molecular complexity index is 666. The molecule has 0 atom stereocenters. The van der Waals surface area contributed by atoms with Gasteiger partial charge in [0.1, 0.15) is 0 Å². The van der Waals surface area contributed by atoms with Crippen molar-refractivity contribution in [3.8, 4) is 11.4 Å². The molecule has 1 aliphatic rings. The van der Waals surface area contributed by atoms with Gasteiger partial charge in [0.2, 0.25) is 5.82 Å². The highest BCUT2D eigenvalue weighted by atomic mass is 35.5. The number of anilines is 1. The van der Waals surface area contributed by atoms with E-state index in [4.69, 9.17) is 20.9 Å². The molecule has 0 amide bonds. The Labute approximate surface area is 133 Å². The fourth-order valence-electron chi connectivity index (χ4n) is 2.56. The summed E-state index contributed by atoms with van der Waals surface area (Å²) in [6.45, 7) is 1.38. The van der Waals surface area contributed by atoms with E-state index in [0.29, 0.717) is 30.0 Å². The van der Waals surface area contributed by atoms with Crippen LogP contribution in [0.1, 0.15) is 12.8 Å². The summed E-state index contributed by atoms with van der Waals surface area (Å²) >= 11 is 5.97. The highest BCUT2D eigenvalue weighted by Gasteiger charge is 2.28. The van der Waals surface area contributed by atoms with E-state index in [1.165, 1.54) is 7.11 Å². The second-order valence-electron chi connectivity index (χ2n) is 5.20. The topological polar surface area (TPSA) is 68.5 Å². The van der Waals surface area contributed by atoms with Crippen LogP contribution in [0.25, 0.3) is 11.4 Å². The minimum Gasteiger partial charge on any atom is -0.469 e. The third-order valence-corrected chi connectivity index (χ3v) is 4.03. The van der Waals surface area contributed by atoms with Crippen molar-refractivity contribution in [2.45, 2.75) is 12.8 Å². The molecule has 2 aromatic rings. The number of aromatic nitrogens is 2. The van der Waals surface area contributed by atoms with Crippen LogP contribution < -0.4 is 4.90 Å². The second kappa shape index (κ2) is 6.36. The van der Waals surface area contributed by atoms with Gasteiger partial charge in [-0.2, -0.15) is 4.98 Å². The molecule has 0 aliphatic carbocycles. The Kier molecular flexibility index (Phi) is 4.29. The maximum Gasteiger partial charge on any atom is 0.324 e. The lowest BCUT2D eigenvalue weighted by atomic mass is 9.97. The molecule has 0 bridgehead atoms. The van der Waals surface area contributed by atoms with Crippen molar-refractivity contribution in [1.82, 2.24) is 10.1 Å².